The molecule has 2 heterocycles. The first-order valence-electron chi connectivity index (χ1n) is 6.67. The van der Waals surface area contributed by atoms with Crippen LogP contribution in [0.2, 0.25) is 0 Å². The van der Waals surface area contributed by atoms with E-state index < -0.39 is 11.9 Å². The molecule has 7 nitrogen and oxygen atoms in total. The summed E-state index contributed by atoms with van der Waals surface area (Å²) in [5.41, 5.74) is -0.491. The normalized spacial score (nSPS) is 11.7. The van der Waals surface area contributed by atoms with Gasteiger partial charge < -0.3 is 14.4 Å². The van der Waals surface area contributed by atoms with Crippen molar-refractivity contribution < 1.29 is 27.5 Å². The van der Waals surface area contributed by atoms with Gasteiger partial charge in [0.2, 0.25) is 0 Å². The molecule has 10 heteroatoms. The van der Waals surface area contributed by atoms with Crippen LogP contribution in [-0.2, 0) is 12.7 Å². The van der Waals surface area contributed by atoms with Crippen molar-refractivity contribution in [1.82, 2.24) is 19.9 Å². The first-order chi connectivity index (χ1) is 11.4. The Hall–Kier alpha value is -3.04. The Morgan fingerprint density at radius 3 is 2.75 bits per heavy atom. The predicted octanol–water partition coefficient (Wildman–Crippen LogP) is 2.71. The highest BCUT2D eigenvalue weighted by Gasteiger charge is 2.33. The Labute approximate surface area is 133 Å². The van der Waals surface area contributed by atoms with Gasteiger partial charge in [0.15, 0.2) is 23.0 Å². The summed E-state index contributed by atoms with van der Waals surface area (Å²) in [4.78, 5) is 4.10. The van der Waals surface area contributed by atoms with Crippen LogP contribution in [0.25, 0.3) is 11.5 Å². The van der Waals surface area contributed by atoms with Gasteiger partial charge in [-0.25, -0.2) is 0 Å². The van der Waals surface area contributed by atoms with E-state index in [0.29, 0.717) is 5.56 Å². The molecule has 3 rings (SSSR count). The average molecular weight is 340 g/mol. The second-order valence-electron chi connectivity index (χ2n) is 4.80. The molecule has 0 bridgehead atoms. The third-order valence-corrected chi connectivity index (χ3v) is 3.13. The molecule has 1 N–H and O–H groups in total. The number of phenolic OH excluding ortho intramolecular Hbond substituents is 1. The third-order valence-electron chi connectivity index (χ3n) is 3.13. The number of nitrogens with zero attached hydrogens (tertiary/aromatic N) is 4. The van der Waals surface area contributed by atoms with E-state index in [4.69, 9.17) is 9.26 Å². The standard InChI is InChI=1S/C14H11F3N4O3/c1-23-10-6-8(2-3-9(10)22)13-18-12(20-24-13)7-21-5-4-11(19-21)14(15,16)17/h2-6,22H,7H2,1H3. The number of halogens is 3. The zero-order valence-electron chi connectivity index (χ0n) is 12.3. The average Bonchev–Trinajstić information content (AvgIpc) is 3.17. The molecule has 0 fully saturated rings. The van der Waals surface area contributed by atoms with Crippen LogP contribution < -0.4 is 4.74 Å². The zero-order valence-corrected chi connectivity index (χ0v) is 12.3. The minimum absolute atomic E-state index is 0.0443. The molecular formula is C14H11F3N4O3. The van der Waals surface area contributed by atoms with Crippen molar-refractivity contribution in [1.29, 1.82) is 0 Å². The van der Waals surface area contributed by atoms with Crippen LogP contribution >= 0.6 is 0 Å². The number of aromatic hydroxyl groups is 1. The minimum Gasteiger partial charge on any atom is -0.504 e. The topological polar surface area (TPSA) is 86.2 Å². The van der Waals surface area contributed by atoms with Crippen molar-refractivity contribution in [3.63, 3.8) is 0 Å². The van der Waals surface area contributed by atoms with Gasteiger partial charge in [0.25, 0.3) is 5.89 Å². The zero-order chi connectivity index (χ0) is 17.3. The van der Waals surface area contributed by atoms with Crippen molar-refractivity contribution >= 4 is 0 Å². The lowest BCUT2D eigenvalue weighted by atomic mass is 10.2. The van der Waals surface area contributed by atoms with E-state index in [-0.39, 0.29) is 29.8 Å². The van der Waals surface area contributed by atoms with Crippen LogP contribution in [0.1, 0.15) is 11.5 Å². The smallest absolute Gasteiger partial charge is 0.435 e. The Morgan fingerprint density at radius 1 is 1.29 bits per heavy atom. The molecule has 126 valence electrons. The molecule has 0 atom stereocenters. The lowest BCUT2D eigenvalue weighted by Crippen LogP contribution is -2.09. The molecule has 0 amide bonds. The van der Waals surface area contributed by atoms with Gasteiger partial charge >= 0.3 is 6.18 Å². The van der Waals surface area contributed by atoms with E-state index in [0.717, 1.165) is 10.7 Å². The molecule has 0 saturated heterocycles. The Bertz CT molecular complexity index is 857. The Balaban J connectivity index is 1.80. The molecule has 0 spiro atoms. The van der Waals surface area contributed by atoms with Gasteiger partial charge in [-0.15, -0.1) is 0 Å². The van der Waals surface area contributed by atoms with E-state index >= 15 is 0 Å². The monoisotopic (exact) mass is 340 g/mol. The summed E-state index contributed by atoms with van der Waals surface area (Å²) in [5, 5.41) is 16.7. The number of rotatable bonds is 4. The maximum Gasteiger partial charge on any atom is 0.435 e. The number of phenols is 1. The number of methoxy groups -OCH3 is 1. The van der Waals surface area contributed by atoms with Crippen LogP contribution in [0.3, 0.4) is 0 Å². The number of aromatic nitrogens is 4. The molecule has 1 aromatic carbocycles. The SMILES string of the molecule is COc1cc(-c2nc(Cn3ccc(C(F)(F)F)n3)no2)ccc1O. The lowest BCUT2D eigenvalue weighted by molar-refractivity contribution is -0.141. The van der Waals surface area contributed by atoms with Gasteiger partial charge in [-0.3, -0.25) is 4.68 Å². The number of alkyl halides is 3. The Kier molecular flexibility index (Phi) is 3.87. The summed E-state index contributed by atoms with van der Waals surface area (Å²) in [6, 6.07) is 5.32. The van der Waals surface area contributed by atoms with Crippen molar-refractivity contribution in [2.45, 2.75) is 12.7 Å². The number of ether oxygens (including phenoxy) is 1. The fourth-order valence-electron chi connectivity index (χ4n) is 1.99. The molecule has 0 aliphatic rings. The molecule has 0 aliphatic carbocycles. The Morgan fingerprint density at radius 2 is 2.08 bits per heavy atom. The van der Waals surface area contributed by atoms with Gasteiger partial charge in [0, 0.05) is 11.8 Å². The fraction of sp³-hybridized carbons (Fsp3) is 0.214. The molecule has 3 aromatic rings. The first-order valence-corrected chi connectivity index (χ1v) is 6.67. The molecule has 0 unspecified atom stereocenters. The highest BCUT2D eigenvalue weighted by atomic mass is 19.4. The van der Waals surface area contributed by atoms with Gasteiger partial charge in [0.1, 0.15) is 6.54 Å². The minimum atomic E-state index is -4.50. The summed E-state index contributed by atoms with van der Waals surface area (Å²) in [5.74, 6) is 0.492. The largest absolute Gasteiger partial charge is 0.504 e. The maximum absolute atomic E-state index is 12.5. The lowest BCUT2D eigenvalue weighted by Gasteiger charge is -2.03. The van der Waals surface area contributed by atoms with Gasteiger partial charge in [-0.05, 0) is 24.3 Å². The summed E-state index contributed by atoms with van der Waals surface area (Å²) in [7, 11) is 1.40. The highest BCUT2D eigenvalue weighted by Crippen LogP contribution is 2.31. The summed E-state index contributed by atoms with van der Waals surface area (Å²) < 4.78 is 48.7. The first kappa shape index (κ1) is 15.8. The van der Waals surface area contributed by atoms with Crippen LogP contribution in [-0.4, -0.2) is 32.1 Å². The molecular weight excluding hydrogens is 329 g/mol. The van der Waals surface area contributed by atoms with Crippen LogP contribution in [0.4, 0.5) is 13.2 Å². The van der Waals surface area contributed by atoms with Crippen LogP contribution in [0.5, 0.6) is 11.5 Å². The number of hydrogen-bond donors (Lipinski definition) is 1. The van der Waals surface area contributed by atoms with Gasteiger partial charge in [-0.2, -0.15) is 23.3 Å². The molecule has 24 heavy (non-hydrogen) atoms. The number of benzene rings is 1. The van der Waals surface area contributed by atoms with E-state index in [2.05, 4.69) is 15.2 Å². The molecule has 0 aliphatic heterocycles. The third kappa shape index (κ3) is 3.16. The van der Waals surface area contributed by atoms with E-state index in [1.807, 2.05) is 0 Å². The van der Waals surface area contributed by atoms with Gasteiger partial charge in [-0.1, -0.05) is 5.16 Å². The summed E-state index contributed by atoms with van der Waals surface area (Å²) in [6.07, 6.45) is -3.32. The van der Waals surface area contributed by atoms with E-state index in [1.54, 1.807) is 6.07 Å². The van der Waals surface area contributed by atoms with Crippen LogP contribution in [0, 0.1) is 0 Å². The fourth-order valence-corrected chi connectivity index (χ4v) is 1.99. The predicted molar refractivity (Wildman–Crippen MR) is 74.3 cm³/mol. The quantitative estimate of drug-likeness (QED) is 0.786. The molecule has 2 aromatic heterocycles. The summed E-state index contributed by atoms with van der Waals surface area (Å²) in [6.45, 7) is -0.0746. The van der Waals surface area contributed by atoms with Crippen molar-refractivity contribution in [2.75, 3.05) is 7.11 Å². The number of hydrogen-bond acceptors (Lipinski definition) is 6. The van der Waals surface area contributed by atoms with E-state index in [1.165, 1.54) is 25.4 Å². The second kappa shape index (κ2) is 5.87. The second-order valence-corrected chi connectivity index (χ2v) is 4.80. The van der Waals surface area contributed by atoms with Crippen LogP contribution in [0.15, 0.2) is 35.0 Å². The van der Waals surface area contributed by atoms with Crippen molar-refractivity contribution in [2.24, 2.45) is 0 Å². The van der Waals surface area contributed by atoms with Gasteiger partial charge in [0.05, 0.1) is 7.11 Å². The summed E-state index contributed by atoms with van der Waals surface area (Å²) >= 11 is 0. The molecule has 0 saturated carbocycles. The highest BCUT2D eigenvalue weighted by molar-refractivity contribution is 5.59. The van der Waals surface area contributed by atoms with E-state index in [9.17, 15) is 18.3 Å². The maximum atomic E-state index is 12.5. The molecule has 0 radical (unpaired) electrons. The van der Waals surface area contributed by atoms with Crippen molar-refractivity contribution in [3.8, 4) is 23.0 Å². The van der Waals surface area contributed by atoms with Crippen molar-refractivity contribution in [3.05, 3.63) is 42.0 Å².